The fourth-order valence-corrected chi connectivity index (χ4v) is 2.65. The maximum absolute atomic E-state index is 13.1. The van der Waals surface area contributed by atoms with Gasteiger partial charge in [0, 0.05) is 14.1 Å². The summed E-state index contributed by atoms with van der Waals surface area (Å²) in [4.78, 5) is 1.74. The van der Waals surface area contributed by atoms with Crippen molar-refractivity contribution in [3.8, 4) is 0 Å². The maximum Gasteiger partial charge on any atom is 0.416 e. The largest absolute Gasteiger partial charge is 0.473 e. The van der Waals surface area contributed by atoms with Crippen LogP contribution in [0.4, 0.5) is 13.2 Å². The van der Waals surface area contributed by atoms with E-state index in [1.807, 2.05) is 22.6 Å². The summed E-state index contributed by atoms with van der Waals surface area (Å²) in [5.41, 5.74) is -0.542. The van der Waals surface area contributed by atoms with E-state index in [0.29, 0.717) is 16.8 Å². The fraction of sp³-hybridized carbons (Fsp3) is 0.333. The minimum Gasteiger partial charge on any atom is -0.473 e. The second kappa shape index (κ2) is 5.61. The van der Waals surface area contributed by atoms with E-state index in [-0.39, 0.29) is 5.56 Å². The topological polar surface area (TPSA) is 12.5 Å². The number of hydrogen-bond acceptors (Lipinski definition) is 2. The molecule has 1 heterocycles. The Morgan fingerprint density at radius 2 is 2.16 bits per heavy atom. The van der Waals surface area contributed by atoms with E-state index in [4.69, 9.17) is 4.74 Å². The molecule has 0 radical (unpaired) electrons. The molecule has 104 valence electrons. The van der Waals surface area contributed by atoms with Gasteiger partial charge in [0.1, 0.15) is 5.76 Å². The van der Waals surface area contributed by atoms with Crippen molar-refractivity contribution in [3.63, 3.8) is 0 Å². The van der Waals surface area contributed by atoms with Crippen molar-refractivity contribution >= 4 is 38.5 Å². The highest BCUT2D eigenvalue weighted by Crippen LogP contribution is 2.40. The number of halogens is 5. The van der Waals surface area contributed by atoms with Gasteiger partial charge in [0.05, 0.1) is 12.1 Å². The van der Waals surface area contributed by atoms with Gasteiger partial charge in [-0.05, 0) is 41.8 Å². The molecular formula is C12H10BrF3INO. The number of nitrogens with zero attached hydrogens (tertiary/aromatic N) is 1. The van der Waals surface area contributed by atoms with Crippen molar-refractivity contribution in [1.29, 1.82) is 0 Å². The molecular weight excluding hydrogens is 438 g/mol. The summed E-state index contributed by atoms with van der Waals surface area (Å²) in [6, 6.07) is 4.12. The van der Waals surface area contributed by atoms with Crippen LogP contribution < -0.4 is 0 Å². The Labute approximate surface area is 130 Å². The smallest absolute Gasteiger partial charge is 0.416 e. The molecule has 1 aromatic rings. The summed E-state index contributed by atoms with van der Waals surface area (Å²) in [5, 5.41) is 0. The second-order valence-corrected chi connectivity index (χ2v) is 5.73. The zero-order valence-electron chi connectivity index (χ0n) is 9.84. The van der Waals surface area contributed by atoms with Gasteiger partial charge in [-0.2, -0.15) is 13.2 Å². The predicted octanol–water partition coefficient (Wildman–Crippen LogP) is 4.70. The molecule has 1 unspecified atom stereocenters. The third-order valence-corrected chi connectivity index (χ3v) is 3.96. The average molecular weight is 448 g/mol. The van der Waals surface area contributed by atoms with E-state index < -0.39 is 18.0 Å². The highest BCUT2D eigenvalue weighted by molar-refractivity contribution is 14.1. The highest BCUT2D eigenvalue weighted by Gasteiger charge is 2.39. The van der Waals surface area contributed by atoms with Gasteiger partial charge >= 0.3 is 6.18 Å². The molecule has 1 aromatic carbocycles. The van der Waals surface area contributed by atoms with Gasteiger partial charge in [-0.3, -0.25) is 4.90 Å². The Morgan fingerprint density at radius 3 is 2.68 bits per heavy atom. The molecule has 1 aliphatic heterocycles. The lowest BCUT2D eigenvalue weighted by Gasteiger charge is -2.22. The Bertz CT molecular complexity index is 518. The molecule has 19 heavy (non-hydrogen) atoms. The molecule has 1 atom stereocenters. The molecule has 2 rings (SSSR count). The van der Waals surface area contributed by atoms with Crippen molar-refractivity contribution in [2.24, 2.45) is 0 Å². The van der Waals surface area contributed by atoms with Crippen LogP contribution in [0.2, 0.25) is 0 Å². The average Bonchev–Trinajstić information content (AvgIpc) is 2.69. The monoisotopic (exact) mass is 447 g/mol. The first-order valence-corrected chi connectivity index (χ1v) is 7.39. The molecule has 7 heteroatoms. The Balaban J connectivity index is 2.46. The molecule has 0 spiro atoms. The summed E-state index contributed by atoms with van der Waals surface area (Å²) >= 11 is 5.09. The van der Waals surface area contributed by atoms with Crippen molar-refractivity contribution in [1.82, 2.24) is 4.90 Å². The molecule has 1 saturated heterocycles. The van der Waals surface area contributed by atoms with Gasteiger partial charge in [0.15, 0.2) is 6.23 Å². The van der Waals surface area contributed by atoms with Gasteiger partial charge in [-0.1, -0.05) is 22.0 Å². The maximum atomic E-state index is 13.1. The minimum atomic E-state index is -4.40. The minimum absolute atomic E-state index is 0.131. The van der Waals surface area contributed by atoms with Crippen molar-refractivity contribution in [2.45, 2.75) is 12.4 Å². The number of ether oxygens (including phenoxy) is 1. The second-order valence-electron chi connectivity index (χ2n) is 4.19. The van der Waals surface area contributed by atoms with Crippen LogP contribution >= 0.6 is 38.5 Å². The lowest BCUT2D eigenvalue weighted by molar-refractivity contribution is -0.139. The van der Waals surface area contributed by atoms with Crippen molar-refractivity contribution < 1.29 is 17.9 Å². The van der Waals surface area contributed by atoms with Crippen LogP contribution in [0.25, 0.3) is 0 Å². The fourth-order valence-electron chi connectivity index (χ4n) is 1.95. The van der Waals surface area contributed by atoms with E-state index in [1.54, 1.807) is 22.1 Å². The van der Waals surface area contributed by atoms with Gasteiger partial charge in [0.25, 0.3) is 0 Å². The molecule has 0 bridgehead atoms. The SMILES string of the molecule is CN1C/C(=C\I)OC1c1ccc(Br)cc1C(F)(F)F. The molecule has 0 aromatic heterocycles. The van der Waals surface area contributed by atoms with E-state index in [1.165, 1.54) is 6.07 Å². The van der Waals surface area contributed by atoms with Crippen molar-refractivity contribution in [3.05, 3.63) is 43.6 Å². The first-order chi connectivity index (χ1) is 8.82. The normalized spacial score (nSPS) is 22.8. The van der Waals surface area contributed by atoms with E-state index in [9.17, 15) is 13.2 Å². The third kappa shape index (κ3) is 3.25. The zero-order chi connectivity index (χ0) is 14.2. The number of hydrogen-bond donors (Lipinski definition) is 0. The van der Waals surface area contributed by atoms with Gasteiger partial charge in [-0.15, -0.1) is 0 Å². The van der Waals surface area contributed by atoms with Gasteiger partial charge in [-0.25, -0.2) is 0 Å². The lowest BCUT2D eigenvalue weighted by atomic mass is 10.1. The number of rotatable bonds is 1. The summed E-state index contributed by atoms with van der Waals surface area (Å²) in [5.74, 6) is 0.671. The van der Waals surface area contributed by atoms with Crippen LogP contribution in [0.15, 0.2) is 32.5 Å². The molecule has 1 aliphatic rings. The lowest BCUT2D eigenvalue weighted by Crippen LogP contribution is -2.21. The molecule has 0 aliphatic carbocycles. The van der Waals surface area contributed by atoms with E-state index in [0.717, 1.165) is 6.07 Å². The first kappa shape index (κ1) is 15.1. The van der Waals surface area contributed by atoms with E-state index >= 15 is 0 Å². The number of alkyl halides is 3. The summed E-state index contributed by atoms with van der Waals surface area (Å²) in [7, 11) is 1.74. The Kier molecular flexibility index (Phi) is 4.46. The molecule has 0 saturated carbocycles. The quantitative estimate of drug-likeness (QED) is 0.578. The van der Waals surface area contributed by atoms with Crippen LogP contribution in [0.5, 0.6) is 0 Å². The van der Waals surface area contributed by atoms with Crippen LogP contribution in [0, 0.1) is 0 Å². The molecule has 2 nitrogen and oxygen atoms in total. The Hall–Kier alpha value is -0.280. The van der Waals surface area contributed by atoms with Crippen LogP contribution in [0.3, 0.4) is 0 Å². The highest BCUT2D eigenvalue weighted by atomic mass is 127. The first-order valence-electron chi connectivity index (χ1n) is 5.35. The van der Waals surface area contributed by atoms with Crippen LogP contribution in [-0.4, -0.2) is 18.5 Å². The van der Waals surface area contributed by atoms with Crippen LogP contribution in [0.1, 0.15) is 17.4 Å². The summed E-state index contributed by atoms with van der Waals surface area (Å²) in [6.07, 6.45) is -5.11. The van der Waals surface area contributed by atoms with Gasteiger partial charge < -0.3 is 4.74 Å². The van der Waals surface area contributed by atoms with Gasteiger partial charge in [0.2, 0.25) is 0 Å². The predicted molar refractivity (Wildman–Crippen MR) is 77.7 cm³/mol. The summed E-state index contributed by atoms with van der Waals surface area (Å²) in [6.45, 7) is 0.501. The molecule has 0 amide bonds. The standard InChI is InChI=1S/C12H10BrF3INO/c1-18-6-8(5-17)19-11(18)9-3-2-7(13)4-10(9)12(14,15)16/h2-5,11H,6H2,1H3/b8-5+. The molecule has 1 fully saturated rings. The molecule has 0 N–H and O–H groups in total. The van der Waals surface area contributed by atoms with E-state index in [2.05, 4.69) is 15.9 Å². The number of benzene rings is 1. The summed E-state index contributed by atoms with van der Waals surface area (Å²) < 4.78 is 46.9. The van der Waals surface area contributed by atoms with Crippen LogP contribution in [-0.2, 0) is 10.9 Å². The zero-order valence-corrected chi connectivity index (χ0v) is 13.6. The number of likely N-dealkylation sites (N-methyl/N-ethyl adjacent to an activating group) is 1. The van der Waals surface area contributed by atoms with Crippen molar-refractivity contribution in [2.75, 3.05) is 13.6 Å². The third-order valence-electron chi connectivity index (χ3n) is 2.78. The Morgan fingerprint density at radius 1 is 1.47 bits per heavy atom.